The number of carbonyl (C=O) groups excluding carboxylic acids is 1. The van der Waals surface area contributed by atoms with E-state index in [9.17, 15) is 13.2 Å². The summed E-state index contributed by atoms with van der Waals surface area (Å²) in [6.07, 6.45) is 3.61. The van der Waals surface area contributed by atoms with Gasteiger partial charge in [-0.3, -0.25) is 9.52 Å². The summed E-state index contributed by atoms with van der Waals surface area (Å²) in [6.45, 7) is 5.15. The van der Waals surface area contributed by atoms with Crippen LogP contribution in [0.25, 0.3) is 0 Å². The summed E-state index contributed by atoms with van der Waals surface area (Å²) in [7, 11) is -3.91. The molecule has 0 atom stereocenters. The maximum absolute atomic E-state index is 12.8. The highest BCUT2D eigenvalue weighted by Crippen LogP contribution is 2.25. The van der Waals surface area contributed by atoms with Crippen molar-refractivity contribution >= 4 is 44.8 Å². The number of halogens is 2. The summed E-state index contributed by atoms with van der Waals surface area (Å²) < 4.78 is 28.0. The molecule has 30 heavy (non-hydrogen) atoms. The number of nitrogens with one attached hydrogen (secondary N) is 2. The third-order valence-corrected chi connectivity index (χ3v) is 7.19. The lowest BCUT2D eigenvalue weighted by Gasteiger charge is -2.26. The summed E-state index contributed by atoms with van der Waals surface area (Å²) in [5.41, 5.74) is 1.31. The predicted octanol–water partition coefficient (Wildman–Crippen LogP) is 4.32. The number of likely N-dealkylation sites (tertiary alicyclic amines) is 1. The molecule has 162 valence electrons. The molecule has 0 unspecified atom stereocenters. The average Bonchev–Trinajstić information content (AvgIpc) is 2.71. The van der Waals surface area contributed by atoms with Gasteiger partial charge in [-0.2, -0.15) is 0 Å². The molecular formula is C21H25Cl2N3O3S. The molecule has 1 saturated heterocycles. The van der Waals surface area contributed by atoms with Gasteiger partial charge in [-0.15, -0.1) is 0 Å². The second-order valence-corrected chi connectivity index (χ2v) is 9.87. The van der Waals surface area contributed by atoms with Crippen LogP contribution in [0.1, 0.15) is 35.2 Å². The van der Waals surface area contributed by atoms with Gasteiger partial charge in [0.05, 0.1) is 21.2 Å². The van der Waals surface area contributed by atoms with E-state index < -0.39 is 15.9 Å². The molecule has 1 amide bonds. The second kappa shape index (κ2) is 10.0. The van der Waals surface area contributed by atoms with Crippen LogP contribution in [0.4, 0.5) is 5.69 Å². The first-order valence-electron chi connectivity index (χ1n) is 9.85. The fraction of sp³-hybridized carbons (Fsp3) is 0.381. The Balaban J connectivity index is 1.69. The summed E-state index contributed by atoms with van der Waals surface area (Å²) in [6, 6.07) is 8.96. The quantitative estimate of drug-likeness (QED) is 0.632. The number of aryl methyl sites for hydroxylation is 1. The van der Waals surface area contributed by atoms with Gasteiger partial charge in [0.25, 0.3) is 15.9 Å². The minimum Gasteiger partial charge on any atom is -0.351 e. The minimum atomic E-state index is -3.91. The molecule has 2 aromatic carbocycles. The van der Waals surface area contributed by atoms with Crippen LogP contribution in [-0.4, -0.2) is 45.4 Å². The molecule has 0 radical (unpaired) electrons. The molecule has 0 saturated carbocycles. The maximum atomic E-state index is 12.8. The number of benzene rings is 2. The molecule has 2 aromatic rings. The Hall–Kier alpha value is -1.80. The van der Waals surface area contributed by atoms with Crippen molar-refractivity contribution in [2.24, 2.45) is 0 Å². The summed E-state index contributed by atoms with van der Waals surface area (Å²) >= 11 is 12.2. The van der Waals surface area contributed by atoms with E-state index in [0.717, 1.165) is 25.2 Å². The number of piperidine rings is 1. The number of nitrogens with zero attached hydrogens (tertiary/aromatic N) is 1. The van der Waals surface area contributed by atoms with Crippen molar-refractivity contribution in [3.8, 4) is 0 Å². The van der Waals surface area contributed by atoms with Crippen molar-refractivity contribution in [1.82, 2.24) is 10.2 Å². The van der Waals surface area contributed by atoms with Gasteiger partial charge in [0.15, 0.2) is 0 Å². The van der Waals surface area contributed by atoms with Crippen LogP contribution in [0.15, 0.2) is 41.3 Å². The Labute approximate surface area is 187 Å². The van der Waals surface area contributed by atoms with Crippen LogP contribution in [0.2, 0.25) is 10.0 Å². The topological polar surface area (TPSA) is 78.5 Å². The van der Waals surface area contributed by atoms with E-state index in [2.05, 4.69) is 14.9 Å². The third-order valence-electron chi connectivity index (χ3n) is 5.08. The zero-order chi connectivity index (χ0) is 21.7. The van der Waals surface area contributed by atoms with E-state index in [1.54, 1.807) is 18.2 Å². The van der Waals surface area contributed by atoms with Gasteiger partial charge in [-0.05, 0) is 68.8 Å². The first-order chi connectivity index (χ1) is 14.3. The Morgan fingerprint density at radius 1 is 1.03 bits per heavy atom. The molecule has 3 rings (SSSR count). The predicted molar refractivity (Wildman–Crippen MR) is 121 cm³/mol. The second-order valence-electron chi connectivity index (χ2n) is 7.37. The largest absolute Gasteiger partial charge is 0.351 e. The van der Waals surface area contributed by atoms with Crippen molar-refractivity contribution in [3.63, 3.8) is 0 Å². The normalized spacial score (nSPS) is 15.0. The van der Waals surface area contributed by atoms with Crippen molar-refractivity contribution in [2.45, 2.75) is 31.1 Å². The SMILES string of the molecule is Cc1ccc(NS(=O)(=O)c2ccc(Cl)c(C(=O)NCCN3CCCCC3)c2)cc1Cl. The Morgan fingerprint density at radius 3 is 2.47 bits per heavy atom. The molecule has 1 aliphatic rings. The van der Waals surface area contributed by atoms with Crippen molar-refractivity contribution in [1.29, 1.82) is 0 Å². The van der Waals surface area contributed by atoms with Gasteiger partial charge in [-0.25, -0.2) is 8.42 Å². The van der Waals surface area contributed by atoms with Gasteiger partial charge in [0.1, 0.15) is 0 Å². The summed E-state index contributed by atoms with van der Waals surface area (Å²) in [5, 5.41) is 3.49. The lowest BCUT2D eigenvalue weighted by atomic mass is 10.1. The smallest absolute Gasteiger partial charge is 0.261 e. The van der Waals surface area contributed by atoms with Gasteiger partial charge >= 0.3 is 0 Å². The first-order valence-corrected chi connectivity index (χ1v) is 12.1. The standard InChI is InChI=1S/C21H25Cl2N3O3S/c1-15-5-6-16(13-20(15)23)25-30(28,29)17-7-8-19(22)18(14-17)21(27)24-9-12-26-10-3-2-4-11-26/h5-8,13-14,25H,2-4,9-12H2,1H3,(H,24,27). The number of carbonyl (C=O) groups is 1. The fourth-order valence-corrected chi connectivity index (χ4v) is 4.78. The first kappa shape index (κ1) is 22.9. The molecule has 1 aliphatic heterocycles. The lowest BCUT2D eigenvalue weighted by Crippen LogP contribution is -2.37. The highest BCUT2D eigenvalue weighted by molar-refractivity contribution is 7.92. The molecule has 0 bridgehead atoms. The van der Waals surface area contributed by atoms with Gasteiger partial charge in [0, 0.05) is 18.1 Å². The fourth-order valence-electron chi connectivity index (χ4n) is 3.32. The summed E-state index contributed by atoms with van der Waals surface area (Å²) in [4.78, 5) is 14.8. The Morgan fingerprint density at radius 2 is 1.77 bits per heavy atom. The monoisotopic (exact) mass is 469 g/mol. The maximum Gasteiger partial charge on any atom is 0.261 e. The van der Waals surface area contributed by atoms with Crippen molar-refractivity contribution in [3.05, 3.63) is 57.6 Å². The summed E-state index contributed by atoms with van der Waals surface area (Å²) in [5.74, 6) is -0.396. The molecule has 9 heteroatoms. The van der Waals surface area contributed by atoms with Gasteiger partial charge in [-0.1, -0.05) is 35.7 Å². The highest BCUT2D eigenvalue weighted by Gasteiger charge is 2.19. The van der Waals surface area contributed by atoms with E-state index in [0.29, 0.717) is 17.3 Å². The number of hydrogen-bond acceptors (Lipinski definition) is 4. The molecule has 6 nitrogen and oxygen atoms in total. The van der Waals surface area contributed by atoms with Crippen LogP contribution in [0, 0.1) is 6.92 Å². The zero-order valence-corrected chi connectivity index (χ0v) is 19.1. The molecule has 1 heterocycles. The molecule has 1 fully saturated rings. The zero-order valence-electron chi connectivity index (χ0n) is 16.7. The van der Waals surface area contributed by atoms with E-state index in [4.69, 9.17) is 23.2 Å². The number of hydrogen-bond donors (Lipinski definition) is 2. The molecule has 0 aromatic heterocycles. The number of amides is 1. The van der Waals surface area contributed by atoms with Crippen molar-refractivity contribution < 1.29 is 13.2 Å². The van der Waals surface area contributed by atoms with E-state index in [1.807, 2.05) is 6.92 Å². The van der Waals surface area contributed by atoms with Crippen molar-refractivity contribution in [2.75, 3.05) is 30.9 Å². The van der Waals surface area contributed by atoms with Crippen LogP contribution in [0.3, 0.4) is 0 Å². The van der Waals surface area contributed by atoms with Crippen LogP contribution in [-0.2, 0) is 10.0 Å². The van der Waals surface area contributed by atoms with Crippen LogP contribution in [0.5, 0.6) is 0 Å². The number of sulfonamides is 1. The van der Waals surface area contributed by atoms with Gasteiger partial charge < -0.3 is 10.2 Å². The van der Waals surface area contributed by atoms with E-state index >= 15 is 0 Å². The molecule has 0 aliphatic carbocycles. The highest BCUT2D eigenvalue weighted by atomic mass is 35.5. The Bertz CT molecular complexity index is 1020. The third kappa shape index (κ3) is 5.88. The van der Waals surface area contributed by atoms with Gasteiger partial charge in [0.2, 0.25) is 0 Å². The Kier molecular flexibility index (Phi) is 7.63. The minimum absolute atomic E-state index is 0.0511. The number of anilines is 1. The van der Waals surface area contributed by atoms with Crippen LogP contribution < -0.4 is 10.0 Å². The lowest BCUT2D eigenvalue weighted by molar-refractivity contribution is 0.0946. The van der Waals surface area contributed by atoms with E-state index in [1.165, 1.54) is 37.5 Å². The molecular weight excluding hydrogens is 445 g/mol. The molecule has 0 spiro atoms. The molecule has 2 N–H and O–H groups in total. The number of rotatable bonds is 7. The average molecular weight is 470 g/mol. The van der Waals surface area contributed by atoms with E-state index in [-0.39, 0.29) is 15.5 Å². The van der Waals surface area contributed by atoms with Crippen LogP contribution >= 0.6 is 23.2 Å².